The summed E-state index contributed by atoms with van der Waals surface area (Å²) >= 11 is 0. The van der Waals surface area contributed by atoms with Crippen molar-refractivity contribution in [3.63, 3.8) is 0 Å². The number of esters is 2. The van der Waals surface area contributed by atoms with Gasteiger partial charge < -0.3 is 18.6 Å². The Morgan fingerprint density at radius 3 is 2.41 bits per heavy atom. The van der Waals surface area contributed by atoms with Crippen LogP contribution in [0.15, 0.2) is 51.7 Å². The van der Waals surface area contributed by atoms with E-state index in [4.69, 9.17) is 18.6 Å². The summed E-state index contributed by atoms with van der Waals surface area (Å²) in [7, 11) is 0. The smallest absolute Gasteiger partial charge is 0.344 e. The lowest BCUT2D eigenvalue weighted by molar-refractivity contribution is -0.147. The molecule has 3 rings (SSSR count). The van der Waals surface area contributed by atoms with Crippen LogP contribution in [0, 0.1) is 13.8 Å². The van der Waals surface area contributed by atoms with Crippen molar-refractivity contribution < 1.29 is 28.2 Å². The summed E-state index contributed by atoms with van der Waals surface area (Å²) in [4.78, 5) is 36.2. The zero-order valence-electron chi connectivity index (χ0n) is 18.4. The Bertz CT molecular complexity index is 1160. The van der Waals surface area contributed by atoms with E-state index in [0.29, 0.717) is 29.1 Å². The number of carbonyl (C=O) groups is 2. The fourth-order valence-electron chi connectivity index (χ4n) is 3.39. The predicted molar refractivity (Wildman–Crippen MR) is 119 cm³/mol. The number of rotatable bonds is 9. The van der Waals surface area contributed by atoms with Gasteiger partial charge in [0.1, 0.15) is 17.9 Å². The highest BCUT2D eigenvalue weighted by Gasteiger charge is 2.17. The van der Waals surface area contributed by atoms with E-state index in [-0.39, 0.29) is 32.0 Å². The van der Waals surface area contributed by atoms with Crippen LogP contribution < -0.4 is 10.4 Å². The maximum Gasteiger partial charge on any atom is 0.344 e. The van der Waals surface area contributed by atoms with Crippen LogP contribution in [0.4, 0.5) is 0 Å². The van der Waals surface area contributed by atoms with Crippen LogP contribution >= 0.6 is 0 Å². The minimum Gasteiger partial charge on any atom is -0.481 e. The first-order valence-corrected chi connectivity index (χ1v) is 10.4. The maximum atomic E-state index is 12.5. The molecule has 0 unspecified atom stereocenters. The van der Waals surface area contributed by atoms with Crippen LogP contribution in [-0.2, 0) is 32.1 Å². The van der Waals surface area contributed by atoms with Crippen molar-refractivity contribution in [1.82, 2.24) is 0 Å². The van der Waals surface area contributed by atoms with Gasteiger partial charge >= 0.3 is 17.6 Å². The predicted octanol–water partition coefficient (Wildman–Crippen LogP) is 4.03. The lowest BCUT2D eigenvalue weighted by Crippen LogP contribution is -2.16. The van der Waals surface area contributed by atoms with Gasteiger partial charge in [0, 0.05) is 22.9 Å². The quantitative estimate of drug-likeness (QED) is 0.368. The Morgan fingerprint density at radius 1 is 0.938 bits per heavy atom. The number of carbonyl (C=O) groups excluding carboxylic acids is 2. The van der Waals surface area contributed by atoms with Crippen molar-refractivity contribution in [1.29, 1.82) is 0 Å². The maximum absolute atomic E-state index is 12.5. The van der Waals surface area contributed by atoms with Crippen LogP contribution in [0.1, 0.15) is 35.6 Å². The molecule has 0 aliphatic rings. The molecule has 0 bridgehead atoms. The first-order chi connectivity index (χ1) is 15.4. The second-order valence-corrected chi connectivity index (χ2v) is 7.30. The van der Waals surface area contributed by atoms with Gasteiger partial charge in [-0.2, -0.15) is 0 Å². The van der Waals surface area contributed by atoms with E-state index in [1.807, 2.05) is 37.3 Å². The van der Waals surface area contributed by atoms with E-state index in [0.717, 1.165) is 16.5 Å². The average molecular weight is 438 g/mol. The van der Waals surface area contributed by atoms with Crippen molar-refractivity contribution in [3.05, 3.63) is 75.1 Å². The summed E-state index contributed by atoms with van der Waals surface area (Å²) in [6.45, 7) is 5.52. The van der Waals surface area contributed by atoms with Crippen molar-refractivity contribution in [2.45, 2.75) is 40.2 Å². The molecule has 0 spiro atoms. The molecule has 0 saturated carbocycles. The molecule has 0 amide bonds. The zero-order chi connectivity index (χ0) is 23.1. The second-order valence-electron chi connectivity index (χ2n) is 7.30. The number of aryl methyl sites for hydroxylation is 2. The highest BCUT2D eigenvalue weighted by atomic mass is 16.6. The van der Waals surface area contributed by atoms with Gasteiger partial charge in [0.05, 0.1) is 6.61 Å². The van der Waals surface area contributed by atoms with E-state index in [2.05, 4.69) is 0 Å². The van der Waals surface area contributed by atoms with Gasteiger partial charge in [0.15, 0.2) is 6.61 Å². The molecule has 0 atom stereocenters. The third-order valence-corrected chi connectivity index (χ3v) is 5.13. The van der Waals surface area contributed by atoms with Crippen LogP contribution in [0.5, 0.6) is 5.75 Å². The topological polar surface area (TPSA) is 92.0 Å². The molecule has 7 heteroatoms. The third kappa shape index (κ3) is 5.55. The summed E-state index contributed by atoms with van der Waals surface area (Å²) in [5.41, 5.74) is 2.58. The van der Waals surface area contributed by atoms with E-state index >= 15 is 0 Å². The monoisotopic (exact) mass is 438 g/mol. The van der Waals surface area contributed by atoms with Gasteiger partial charge in [0.2, 0.25) is 0 Å². The van der Waals surface area contributed by atoms with Crippen LogP contribution in [-0.4, -0.2) is 25.2 Å². The normalized spacial score (nSPS) is 10.7. The molecule has 3 aromatic rings. The van der Waals surface area contributed by atoms with E-state index in [1.54, 1.807) is 26.0 Å². The molecule has 7 nitrogen and oxygen atoms in total. The molecule has 0 N–H and O–H groups in total. The molecule has 2 aromatic carbocycles. The van der Waals surface area contributed by atoms with Crippen molar-refractivity contribution >= 4 is 22.9 Å². The van der Waals surface area contributed by atoms with Gasteiger partial charge in [-0.1, -0.05) is 30.3 Å². The molecular formula is C25H26O7. The van der Waals surface area contributed by atoms with Gasteiger partial charge in [-0.3, -0.25) is 4.79 Å². The number of fused-ring (bicyclic) bond motifs is 1. The Hall–Kier alpha value is -3.61. The summed E-state index contributed by atoms with van der Waals surface area (Å²) < 4.78 is 21.3. The first kappa shape index (κ1) is 23.1. The van der Waals surface area contributed by atoms with Crippen molar-refractivity contribution in [3.8, 4) is 5.75 Å². The Balaban J connectivity index is 1.71. The van der Waals surface area contributed by atoms with Crippen molar-refractivity contribution in [2.24, 2.45) is 0 Å². The molecule has 0 radical (unpaired) electrons. The van der Waals surface area contributed by atoms with Gasteiger partial charge in [-0.15, -0.1) is 0 Å². The number of benzene rings is 2. The number of ether oxygens (including phenoxy) is 3. The van der Waals surface area contributed by atoms with Gasteiger partial charge in [-0.05, 0) is 50.5 Å². The fraction of sp³-hybridized carbons (Fsp3) is 0.320. The largest absolute Gasteiger partial charge is 0.481 e. The molecule has 0 aliphatic heterocycles. The molecule has 0 aliphatic carbocycles. The zero-order valence-corrected chi connectivity index (χ0v) is 18.4. The lowest BCUT2D eigenvalue weighted by Gasteiger charge is -2.13. The molecule has 0 fully saturated rings. The minimum absolute atomic E-state index is 0.107. The van der Waals surface area contributed by atoms with E-state index < -0.39 is 11.6 Å². The standard InChI is InChI=1S/C25H26O7/c1-4-29-22(26)13-11-20-16(2)19-10-12-21(17(3)24(19)32-25(20)28)30-15-23(27)31-14-18-8-6-5-7-9-18/h5-10,12H,4,11,13-15H2,1-3H3. The number of hydrogen-bond donors (Lipinski definition) is 0. The summed E-state index contributed by atoms with van der Waals surface area (Å²) in [6, 6.07) is 12.9. The summed E-state index contributed by atoms with van der Waals surface area (Å²) in [5.74, 6) is -0.429. The van der Waals surface area contributed by atoms with Gasteiger partial charge in [-0.25, -0.2) is 9.59 Å². The Morgan fingerprint density at radius 2 is 1.69 bits per heavy atom. The number of hydrogen-bond acceptors (Lipinski definition) is 7. The highest BCUT2D eigenvalue weighted by molar-refractivity contribution is 5.86. The van der Waals surface area contributed by atoms with E-state index in [9.17, 15) is 14.4 Å². The minimum atomic E-state index is -0.500. The fourth-order valence-corrected chi connectivity index (χ4v) is 3.39. The second kappa shape index (κ2) is 10.6. The first-order valence-electron chi connectivity index (χ1n) is 10.4. The summed E-state index contributed by atoms with van der Waals surface area (Å²) in [5, 5.41) is 0.750. The molecular weight excluding hydrogens is 412 g/mol. The average Bonchev–Trinajstić information content (AvgIpc) is 2.78. The van der Waals surface area contributed by atoms with Crippen LogP contribution in [0.3, 0.4) is 0 Å². The van der Waals surface area contributed by atoms with Crippen LogP contribution in [0.25, 0.3) is 11.0 Å². The van der Waals surface area contributed by atoms with Crippen molar-refractivity contribution in [2.75, 3.05) is 13.2 Å². The Kier molecular flexibility index (Phi) is 7.65. The highest BCUT2D eigenvalue weighted by Crippen LogP contribution is 2.29. The SMILES string of the molecule is CCOC(=O)CCc1c(C)c2ccc(OCC(=O)OCc3ccccc3)c(C)c2oc1=O. The lowest BCUT2D eigenvalue weighted by atomic mass is 10.0. The molecule has 1 heterocycles. The summed E-state index contributed by atoms with van der Waals surface area (Å²) in [6.07, 6.45) is 0.351. The third-order valence-electron chi connectivity index (χ3n) is 5.13. The van der Waals surface area contributed by atoms with Crippen LogP contribution in [0.2, 0.25) is 0 Å². The molecule has 1 aromatic heterocycles. The van der Waals surface area contributed by atoms with E-state index in [1.165, 1.54) is 0 Å². The molecule has 32 heavy (non-hydrogen) atoms. The Labute approximate surface area is 185 Å². The van der Waals surface area contributed by atoms with Gasteiger partial charge in [0.25, 0.3) is 0 Å². The molecule has 168 valence electrons. The molecule has 0 saturated heterocycles.